The molecule has 0 aliphatic heterocycles. The van der Waals surface area contributed by atoms with Crippen molar-refractivity contribution in [3.05, 3.63) is 0 Å². The quantitative estimate of drug-likeness (QED) is 0.0494. The van der Waals surface area contributed by atoms with E-state index in [1.54, 1.807) is 0 Å². The summed E-state index contributed by atoms with van der Waals surface area (Å²) in [5.41, 5.74) is 0. The lowest BCUT2D eigenvalue weighted by Crippen LogP contribution is -2.47. The summed E-state index contributed by atoms with van der Waals surface area (Å²) in [7, 11) is 0. The van der Waals surface area contributed by atoms with Crippen molar-refractivity contribution in [2.45, 2.75) is 219 Å². The standard InChI is InChI=1S/C45H90N2O5/c1-4-7-10-13-15-17-18-19-21-26-38-50-42-44(51-39-27-12-9-6-3)41-46(34-35-47(36-37-48)43-30-29-31-43)33-25-23-24-32-45(49)52-40-28-22-20-16-14-11-8-5-2/h43-44,48H,4-42H2,1-3H3. The first-order valence-corrected chi connectivity index (χ1v) is 23.1. The number of aliphatic hydroxyl groups excluding tert-OH is 1. The molecular formula is C45H90N2O5. The van der Waals surface area contributed by atoms with Gasteiger partial charge in [-0.1, -0.05) is 156 Å². The molecule has 1 rings (SSSR count). The van der Waals surface area contributed by atoms with Crippen LogP contribution in [0.25, 0.3) is 0 Å². The molecule has 0 aromatic rings. The Morgan fingerprint density at radius 2 is 1.12 bits per heavy atom. The molecule has 7 heteroatoms. The monoisotopic (exact) mass is 739 g/mol. The van der Waals surface area contributed by atoms with Gasteiger partial charge in [-0.3, -0.25) is 14.6 Å². The number of hydrogen-bond acceptors (Lipinski definition) is 7. The summed E-state index contributed by atoms with van der Waals surface area (Å²) in [5, 5.41) is 9.76. The molecule has 0 saturated heterocycles. The number of nitrogens with zero attached hydrogens (tertiary/aromatic N) is 2. The van der Waals surface area contributed by atoms with Gasteiger partial charge in [0.2, 0.25) is 0 Å². The molecular weight excluding hydrogens is 649 g/mol. The first-order valence-electron chi connectivity index (χ1n) is 23.1. The van der Waals surface area contributed by atoms with Crippen molar-refractivity contribution < 1.29 is 24.1 Å². The molecule has 52 heavy (non-hydrogen) atoms. The lowest BCUT2D eigenvalue weighted by atomic mass is 9.91. The molecule has 0 aromatic carbocycles. The van der Waals surface area contributed by atoms with Crippen LogP contribution in [-0.4, -0.2) is 98.8 Å². The summed E-state index contributed by atoms with van der Waals surface area (Å²) >= 11 is 0. The zero-order chi connectivity index (χ0) is 37.6. The number of rotatable bonds is 42. The second-order valence-corrected chi connectivity index (χ2v) is 16.0. The van der Waals surface area contributed by atoms with Crippen molar-refractivity contribution in [3.63, 3.8) is 0 Å². The number of esters is 1. The number of unbranched alkanes of at least 4 members (excludes halogenated alkanes) is 21. The van der Waals surface area contributed by atoms with E-state index in [2.05, 4.69) is 30.6 Å². The number of hydrogen-bond donors (Lipinski definition) is 1. The normalized spacial score (nSPS) is 14.0. The second-order valence-electron chi connectivity index (χ2n) is 16.0. The summed E-state index contributed by atoms with van der Waals surface area (Å²) in [6, 6.07) is 0.626. The van der Waals surface area contributed by atoms with Crippen molar-refractivity contribution in [2.24, 2.45) is 0 Å². The fourth-order valence-corrected chi connectivity index (χ4v) is 7.32. The maximum absolute atomic E-state index is 12.4. The van der Waals surface area contributed by atoms with Crippen LogP contribution in [0, 0.1) is 0 Å². The molecule has 0 amide bonds. The van der Waals surface area contributed by atoms with E-state index in [0.717, 1.165) is 84.5 Å². The van der Waals surface area contributed by atoms with E-state index in [9.17, 15) is 9.90 Å². The zero-order valence-electron chi connectivity index (χ0n) is 35.2. The van der Waals surface area contributed by atoms with E-state index >= 15 is 0 Å². The van der Waals surface area contributed by atoms with Gasteiger partial charge in [0.25, 0.3) is 0 Å². The highest BCUT2D eigenvalue weighted by Gasteiger charge is 2.25. The summed E-state index contributed by atoms with van der Waals surface area (Å²) < 4.78 is 18.3. The molecule has 0 aromatic heterocycles. The highest BCUT2D eigenvalue weighted by molar-refractivity contribution is 5.69. The SMILES string of the molecule is CCCCCCCCCCCCOCC(CN(CCCCCC(=O)OCCCCCCCCCC)CCN(CCO)C1CCC1)OCCCCCC. The van der Waals surface area contributed by atoms with Gasteiger partial charge in [0.15, 0.2) is 0 Å². The van der Waals surface area contributed by atoms with Crippen LogP contribution in [0.5, 0.6) is 0 Å². The maximum atomic E-state index is 12.4. The fraction of sp³-hybridized carbons (Fsp3) is 0.978. The van der Waals surface area contributed by atoms with E-state index in [4.69, 9.17) is 14.2 Å². The predicted octanol–water partition coefficient (Wildman–Crippen LogP) is 11.3. The lowest BCUT2D eigenvalue weighted by Gasteiger charge is -2.38. The molecule has 0 radical (unpaired) electrons. The molecule has 1 fully saturated rings. The molecule has 0 heterocycles. The average molecular weight is 739 g/mol. The minimum atomic E-state index is -0.0314. The second kappa shape index (κ2) is 38.5. The number of carbonyl (C=O) groups excluding carboxylic acids is 1. The van der Waals surface area contributed by atoms with Crippen molar-refractivity contribution in [2.75, 3.05) is 65.8 Å². The van der Waals surface area contributed by atoms with Crippen LogP contribution in [0.15, 0.2) is 0 Å². The third-order valence-electron chi connectivity index (χ3n) is 11.1. The molecule has 310 valence electrons. The van der Waals surface area contributed by atoms with E-state index in [1.807, 2.05) is 0 Å². The van der Waals surface area contributed by atoms with Crippen LogP contribution in [0.4, 0.5) is 0 Å². The van der Waals surface area contributed by atoms with Gasteiger partial charge in [-0.05, 0) is 51.5 Å². The summed E-state index contributed by atoms with van der Waals surface area (Å²) in [6.45, 7) is 14.5. The predicted molar refractivity (Wildman–Crippen MR) is 221 cm³/mol. The van der Waals surface area contributed by atoms with Crippen molar-refractivity contribution in [1.82, 2.24) is 9.80 Å². The third kappa shape index (κ3) is 30.6. The summed E-state index contributed by atoms with van der Waals surface area (Å²) in [6.07, 6.45) is 35.7. The molecule has 1 saturated carbocycles. The van der Waals surface area contributed by atoms with Crippen LogP contribution < -0.4 is 0 Å². The number of aliphatic hydroxyl groups is 1. The molecule has 1 unspecified atom stereocenters. The highest BCUT2D eigenvalue weighted by Crippen LogP contribution is 2.24. The maximum Gasteiger partial charge on any atom is 0.305 e. The Labute approximate surface area is 324 Å². The molecule has 1 aliphatic rings. The highest BCUT2D eigenvalue weighted by atomic mass is 16.5. The average Bonchev–Trinajstić information content (AvgIpc) is 3.12. The van der Waals surface area contributed by atoms with Crippen LogP contribution in [0.1, 0.15) is 207 Å². The number of ether oxygens (including phenoxy) is 3. The minimum Gasteiger partial charge on any atom is -0.466 e. The Bertz CT molecular complexity index is 737. The van der Waals surface area contributed by atoms with Gasteiger partial charge in [-0.15, -0.1) is 0 Å². The molecule has 1 atom stereocenters. The van der Waals surface area contributed by atoms with E-state index < -0.39 is 0 Å². The molecule has 1 aliphatic carbocycles. The minimum absolute atomic E-state index is 0.0314. The Hall–Kier alpha value is -0.730. The van der Waals surface area contributed by atoms with Gasteiger partial charge in [-0.2, -0.15) is 0 Å². The smallest absolute Gasteiger partial charge is 0.305 e. The van der Waals surface area contributed by atoms with Gasteiger partial charge in [0.05, 0.1) is 25.9 Å². The van der Waals surface area contributed by atoms with Crippen LogP contribution in [-0.2, 0) is 19.0 Å². The Kier molecular flexibility index (Phi) is 36.5. The van der Waals surface area contributed by atoms with Crippen LogP contribution >= 0.6 is 0 Å². The van der Waals surface area contributed by atoms with Crippen molar-refractivity contribution >= 4 is 5.97 Å². The van der Waals surface area contributed by atoms with Crippen LogP contribution in [0.3, 0.4) is 0 Å². The first-order chi connectivity index (χ1) is 25.6. The largest absolute Gasteiger partial charge is 0.466 e. The Balaban J connectivity index is 2.50. The van der Waals surface area contributed by atoms with Gasteiger partial charge in [0.1, 0.15) is 0 Å². The van der Waals surface area contributed by atoms with Gasteiger partial charge in [-0.25, -0.2) is 0 Å². The third-order valence-corrected chi connectivity index (χ3v) is 11.1. The Morgan fingerprint density at radius 1 is 0.596 bits per heavy atom. The fourth-order valence-electron chi connectivity index (χ4n) is 7.32. The van der Waals surface area contributed by atoms with Crippen molar-refractivity contribution in [1.29, 1.82) is 0 Å². The van der Waals surface area contributed by atoms with E-state index in [1.165, 1.54) is 141 Å². The molecule has 1 N–H and O–H groups in total. The first kappa shape index (κ1) is 49.3. The zero-order valence-corrected chi connectivity index (χ0v) is 35.2. The van der Waals surface area contributed by atoms with Gasteiger partial charge in [0, 0.05) is 51.9 Å². The summed E-state index contributed by atoms with van der Waals surface area (Å²) in [4.78, 5) is 17.4. The van der Waals surface area contributed by atoms with Gasteiger partial charge < -0.3 is 19.3 Å². The van der Waals surface area contributed by atoms with Gasteiger partial charge >= 0.3 is 5.97 Å². The van der Waals surface area contributed by atoms with E-state index in [0.29, 0.717) is 25.7 Å². The lowest BCUT2D eigenvalue weighted by molar-refractivity contribution is -0.143. The Morgan fingerprint density at radius 3 is 1.67 bits per heavy atom. The molecule has 0 spiro atoms. The summed E-state index contributed by atoms with van der Waals surface area (Å²) in [5.74, 6) is -0.0314. The topological polar surface area (TPSA) is 71.5 Å². The van der Waals surface area contributed by atoms with Crippen molar-refractivity contribution in [3.8, 4) is 0 Å². The van der Waals surface area contributed by atoms with Crippen LogP contribution in [0.2, 0.25) is 0 Å². The molecule has 0 bridgehead atoms. The molecule has 7 nitrogen and oxygen atoms in total. The van der Waals surface area contributed by atoms with E-state index in [-0.39, 0.29) is 18.7 Å². The number of carbonyl (C=O) groups is 1.